The van der Waals surface area contributed by atoms with Gasteiger partial charge in [-0.2, -0.15) is 5.10 Å². The molecule has 5 heteroatoms. The number of aryl methyl sites for hydroxylation is 1. The first-order valence-electron chi connectivity index (χ1n) is 5.12. The molecule has 86 valence electrons. The van der Waals surface area contributed by atoms with E-state index in [0.717, 1.165) is 15.4 Å². The van der Waals surface area contributed by atoms with Crippen LogP contribution in [0.25, 0.3) is 22.4 Å². The highest BCUT2D eigenvalue weighted by Gasteiger charge is 2.12. The van der Waals surface area contributed by atoms with Crippen LogP contribution < -0.4 is 5.73 Å². The van der Waals surface area contributed by atoms with Crippen molar-refractivity contribution < 1.29 is 4.42 Å². The predicted octanol–water partition coefficient (Wildman–Crippen LogP) is 3.18. The predicted molar refractivity (Wildman–Crippen MR) is 70.5 cm³/mol. The summed E-state index contributed by atoms with van der Waals surface area (Å²) in [5.74, 6) is 0.691. The number of nitrogens with zero attached hydrogens (tertiary/aromatic N) is 2. The molecule has 0 radical (unpaired) electrons. The first-order chi connectivity index (χ1) is 8.13. The van der Waals surface area contributed by atoms with E-state index in [2.05, 4.69) is 21.0 Å². The molecule has 0 aliphatic carbocycles. The fourth-order valence-electron chi connectivity index (χ4n) is 1.83. The zero-order valence-corrected chi connectivity index (χ0v) is 10.7. The Labute approximate surface area is 106 Å². The van der Waals surface area contributed by atoms with E-state index in [1.807, 2.05) is 31.3 Å². The third kappa shape index (κ3) is 1.72. The first-order valence-corrected chi connectivity index (χ1v) is 5.91. The van der Waals surface area contributed by atoms with Gasteiger partial charge >= 0.3 is 0 Å². The number of furan rings is 1. The van der Waals surface area contributed by atoms with E-state index >= 15 is 0 Å². The maximum absolute atomic E-state index is 5.87. The topological polar surface area (TPSA) is 57.0 Å². The van der Waals surface area contributed by atoms with Crippen LogP contribution in [0.5, 0.6) is 0 Å². The van der Waals surface area contributed by atoms with Gasteiger partial charge in [0.25, 0.3) is 0 Å². The van der Waals surface area contributed by atoms with Crippen molar-refractivity contribution in [1.29, 1.82) is 0 Å². The largest absolute Gasteiger partial charge is 0.454 e. The van der Waals surface area contributed by atoms with Gasteiger partial charge in [-0.25, -0.2) is 0 Å². The lowest BCUT2D eigenvalue weighted by atomic mass is 10.2. The average molecular weight is 292 g/mol. The third-order valence-corrected chi connectivity index (χ3v) is 3.06. The Morgan fingerprint density at radius 2 is 2.18 bits per heavy atom. The van der Waals surface area contributed by atoms with Gasteiger partial charge in [-0.15, -0.1) is 0 Å². The summed E-state index contributed by atoms with van der Waals surface area (Å²) in [6.45, 7) is 0. The van der Waals surface area contributed by atoms with Gasteiger partial charge in [0, 0.05) is 23.1 Å². The fourth-order valence-corrected chi connectivity index (χ4v) is 2.21. The fraction of sp³-hybridized carbons (Fsp3) is 0.0833. The zero-order chi connectivity index (χ0) is 12.0. The molecule has 0 aliphatic heterocycles. The molecular weight excluding hydrogens is 282 g/mol. The van der Waals surface area contributed by atoms with Gasteiger partial charge in [0.05, 0.1) is 5.69 Å². The lowest BCUT2D eigenvalue weighted by Crippen LogP contribution is -1.86. The summed E-state index contributed by atoms with van der Waals surface area (Å²) in [6, 6.07) is 7.81. The van der Waals surface area contributed by atoms with Crippen molar-refractivity contribution in [3.63, 3.8) is 0 Å². The molecule has 0 saturated heterocycles. The smallest absolute Gasteiger partial charge is 0.157 e. The van der Waals surface area contributed by atoms with Gasteiger partial charge in [-0.3, -0.25) is 4.68 Å². The molecule has 2 N–H and O–H groups in total. The SMILES string of the molecule is Cn1cc(N)c(-c2cc3cc(Br)ccc3o2)n1. The first kappa shape index (κ1) is 10.4. The molecule has 1 aromatic carbocycles. The van der Waals surface area contributed by atoms with E-state index in [9.17, 15) is 0 Å². The van der Waals surface area contributed by atoms with Crippen LogP contribution in [-0.2, 0) is 7.05 Å². The molecule has 0 saturated carbocycles. The normalized spacial score (nSPS) is 11.2. The molecule has 2 aromatic heterocycles. The lowest BCUT2D eigenvalue weighted by molar-refractivity contribution is 0.625. The summed E-state index contributed by atoms with van der Waals surface area (Å²) in [4.78, 5) is 0. The van der Waals surface area contributed by atoms with Crippen LogP contribution in [-0.4, -0.2) is 9.78 Å². The molecule has 0 fully saturated rings. The van der Waals surface area contributed by atoms with Crippen molar-refractivity contribution in [1.82, 2.24) is 9.78 Å². The highest BCUT2D eigenvalue weighted by atomic mass is 79.9. The minimum absolute atomic E-state index is 0.616. The summed E-state index contributed by atoms with van der Waals surface area (Å²) in [7, 11) is 1.83. The number of hydrogen-bond donors (Lipinski definition) is 1. The van der Waals surface area contributed by atoms with Crippen molar-refractivity contribution in [2.45, 2.75) is 0 Å². The number of anilines is 1. The van der Waals surface area contributed by atoms with Crippen molar-refractivity contribution in [2.75, 3.05) is 5.73 Å². The van der Waals surface area contributed by atoms with Crippen LogP contribution in [0.2, 0.25) is 0 Å². The Balaban J connectivity index is 2.21. The highest BCUT2D eigenvalue weighted by molar-refractivity contribution is 9.10. The quantitative estimate of drug-likeness (QED) is 0.749. The standard InChI is InChI=1S/C12H10BrN3O/c1-16-6-9(14)12(15-16)11-5-7-4-8(13)2-3-10(7)17-11/h2-6H,14H2,1H3. The minimum atomic E-state index is 0.616. The monoisotopic (exact) mass is 291 g/mol. The number of benzene rings is 1. The maximum atomic E-state index is 5.87. The molecular formula is C12H10BrN3O. The highest BCUT2D eigenvalue weighted by Crippen LogP contribution is 2.31. The van der Waals surface area contributed by atoms with Gasteiger partial charge in [-0.05, 0) is 24.3 Å². The third-order valence-electron chi connectivity index (χ3n) is 2.57. The van der Waals surface area contributed by atoms with E-state index < -0.39 is 0 Å². The number of halogens is 1. The van der Waals surface area contributed by atoms with E-state index in [0.29, 0.717) is 17.1 Å². The van der Waals surface area contributed by atoms with Gasteiger partial charge in [0.2, 0.25) is 0 Å². The Morgan fingerprint density at radius 1 is 1.35 bits per heavy atom. The Bertz CT molecular complexity index is 699. The van der Waals surface area contributed by atoms with Crippen molar-refractivity contribution in [2.24, 2.45) is 7.05 Å². The second kappa shape index (κ2) is 3.63. The zero-order valence-electron chi connectivity index (χ0n) is 9.14. The minimum Gasteiger partial charge on any atom is -0.454 e. The molecule has 3 rings (SSSR count). The number of aromatic nitrogens is 2. The number of fused-ring (bicyclic) bond motifs is 1. The van der Waals surface area contributed by atoms with Crippen molar-refractivity contribution >= 4 is 32.6 Å². The van der Waals surface area contributed by atoms with Crippen LogP contribution >= 0.6 is 15.9 Å². The van der Waals surface area contributed by atoms with E-state index in [4.69, 9.17) is 10.2 Å². The molecule has 0 atom stereocenters. The van der Waals surface area contributed by atoms with Crippen LogP contribution in [0.3, 0.4) is 0 Å². The number of nitrogen functional groups attached to an aromatic ring is 1. The van der Waals surface area contributed by atoms with Gasteiger partial charge in [-0.1, -0.05) is 15.9 Å². The number of nitrogens with two attached hydrogens (primary N) is 1. The summed E-state index contributed by atoms with van der Waals surface area (Å²) in [6.07, 6.45) is 1.76. The lowest BCUT2D eigenvalue weighted by Gasteiger charge is -1.90. The van der Waals surface area contributed by atoms with Crippen molar-refractivity contribution in [3.8, 4) is 11.5 Å². The summed E-state index contributed by atoms with van der Waals surface area (Å²) < 4.78 is 8.42. The second-order valence-electron chi connectivity index (χ2n) is 3.90. The average Bonchev–Trinajstić information content (AvgIpc) is 2.80. The molecule has 4 nitrogen and oxygen atoms in total. The summed E-state index contributed by atoms with van der Waals surface area (Å²) in [5.41, 5.74) is 8.00. The molecule has 0 unspecified atom stereocenters. The van der Waals surface area contributed by atoms with Crippen LogP contribution in [0.15, 0.2) is 39.4 Å². The van der Waals surface area contributed by atoms with Crippen LogP contribution in [0, 0.1) is 0 Å². The molecule has 0 bridgehead atoms. The molecule has 2 heterocycles. The molecule has 3 aromatic rings. The van der Waals surface area contributed by atoms with Gasteiger partial charge < -0.3 is 10.2 Å². The van der Waals surface area contributed by atoms with Gasteiger partial charge in [0.1, 0.15) is 5.58 Å². The number of hydrogen-bond acceptors (Lipinski definition) is 3. The number of rotatable bonds is 1. The molecule has 0 amide bonds. The second-order valence-corrected chi connectivity index (χ2v) is 4.82. The molecule has 17 heavy (non-hydrogen) atoms. The van der Waals surface area contributed by atoms with Crippen LogP contribution in [0.4, 0.5) is 5.69 Å². The maximum Gasteiger partial charge on any atom is 0.157 e. The van der Waals surface area contributed by atoms with E-state index in [1.165, 1.54) is 0 Å². The Kier molecular flexibility index (Phi) is 2.22. The Morgan fingerprint density at radius 3 is 2.88 bits per heavy atom. The Hall–Kier alpha value is -1.75. The molecule has 0 spiro atoms. The van der Waals surface area contributed by atoms with Crippen LogP contribution in [0.1, 0.15) is 0 Å². The summed E-state index contributed by atoms with van der Waals surface area (Å²) in [5, 5.41) is 5.31. The van der Waals surface area contributed by atoms with Gasteiger partial charge in [0.15, 0.2) is 11.5 Å². The van der Waals surface area contributed by atoms with Crippen molar-refractivity contribution in [3.05, 3.63) is 34.9 Å². The van der Waals surface area contributed by atoms with E-state index in [1.54, 1.807) is 10.9 Å². The molecule has 0 aliphatic rings. The summed E-state index contributed by atoms with van der Waals surface area (Å²) >= 11 is 3.43. The van der Waals surface area contributed by atoms with E-state index in [-0.39, 0.29) is 0 Å².